The van der Waals surface area contributed by atoms with Crippen LogP contribution in [-0.2, 0) is 14.3 Å². The molecule has 0 aliphatic heterocycles. The van der Waals surface area contributed by atoms with Crippen LogP contribution < -0.4 is 0 Å². The topological polar surface area (TPSA) is 63.6 Å². The van der Waals surface area contributed by atoms with E-state index in [9.17, 15) is 14.7 Å². The van der Waals surface area contributed by atoms with Crippen LogP contribution in [0.5, 0.6) is 0 Å². The van der Waals surface area contributed by atoms with Crippen LogP contribution in [0.25, 0.3) is 0 Å². The molecule has 4 nitrogen and oxygen atoms in total. The second kappa shape index (κ2) is 8.21. The Morgan fingerprint density at radius 2 is 1.70 bits per heavy atom. The van der Waals surface area contributed by atoms with Crippen molar-refractivity contribution < 1.29 is 19.4 Å². The lowest BCUT2D eigenvalue weighted by Crippen LogP contribution is -2.65. The van der Waals surface area contributed by atoms with Gasteiger partial charge < -0.3 is 9.84 Å². The summed E-state index contributed by atoms with van der Waals surface area (Å²) in [6, 6.07) is 0. The lowest BCUT2D eigenvalue weighted by atomic mass is 9.33. The maximum absolute atomic E-state index is 13.6. The SMILES string of the molecule is CCOC(=O)[C@]12CCC(C)(C)C[C@H]1C1=CC[C@@H]3[C@@]4(C)C/C(=C/O)C(=O)C(C)(C)[C@H]4CC[C@@]3(C)[C@]1(C)CC2. The molecule has 0 saturated heterocycles. The van der Waals surface area contributed by atoms with Gasteiger partial charge in [-0.2, -0.15) is 0 Å². The molecule has 4 saturated carbocycles. The predicted octanol–water partition coefficient (Wildman–Crippen LogP) is 7.97. The smallest absolute Gasteiger partial charge is 0.312 e. The van der Waals surface area contributed by atoms with Crippen molar-refractivity contribution in [2.24, 2.45) is 50.2 Å². The molecule has 1 N–H and O–H groups in total. The third-order valence-corrected chi connectivity index (χ3v) is 13.1. The first-order valence-electron chi connectivity index (χ1n) is 14.9. The van der Waals surface area contributed by atoms with Crippen molar-refractivity contribution in [3.05, 3.63) is 23.5 Å². The zero-order valence-electron chi connectivity index (χ0n) is 24.6. The lowest BCUT2D eigenvalue weighted by Gasteiger charge is -2.70. The van der Waals surface area contributed by atoms with Crippen LogP contribution in [0, 0.1) is 50.2 Å². The van der Waals surface area contributed by atoms with Crippen LogP contribution in [0.4, 0.5) is 0 Å². The summed E-state index contributed by atoms with van der Waals surface area (Å²) in [5.74, 6) is 1.15. The summed E-state index contributed by atoms with van der Waals surface area (Å²) in [6.07, 6.45) is 12.4. The third kappa shape index (κ3) is 3.38. The van der Waals surface area contributed by atoms with Crippen LogP contribution in [-0.4, -0.2) is 23.5 Å². The first-order chi connectivity index (χ1) is 17.1. The van der Waals surface area contributed by atoms with E-state index in [2.05, 4.69) is 54.5 Å². The highest BCUT2D eigenvalue weighted by molar-refractivity contribution is 6.00. The number of aliphatic hydroxyl groups is 1. The van der Waals surface area contributed by atoms with Gasteiger partial charge >= 0.3 is 5.97 Å². The standard InChI is InChI=1S/C33H50O4/c1-9-37-27(36)33-16-14-28(2,3)19-23(33)22-10-11-25-30(6)18-21(20-34)26(35)29(4,5)24(30)12-13-32(25,8)31(22,7)15-17-33/h10,20,23-25,34H,9,11-19H2,1-8H3/b21-20-/t23-,24+,25+,30-,31+,32+,33-/m0/s1. The summed E-state index contributed by atoms with van der Waals surface area (Å²) >= 11 is 0. The van der Waals surface area contributed by atoms with Crippen molar-refractivity contribution in [1.29, 1.82) is 0 Å². The zero-order valence-corrected chi connectivity index (χ0v) is 24.6. The van der Waals surface area contributed by atoms with E-state index in [1.165, 1.54) is 5.57 Å². The molecule has 4 heteroatoms. The van der Waals surface area contributed by atoms with Gasteiger partial charge in [-0.05, 0) is 104 Å². The lowest BCUT2D eigenvalue weighted by molar-refractivity contribution is -0.186. The van der Waals surface area contributed by atoms with E-state index in [1.807, 2.05) is 6.92 Å². The molecule has 0 unspecified atom stereocenters. The number of hydrogen-bond acceptors (Lipinski definition) is 4. The molecule has 0 aromatic carbocycles. The molecule has 4 fully saturated rings. The van der Waals surface area contributed by atoms with Gasteiger partial charge in [0.25, 0.3) is 0 Å². The Morgan fingerprint density at radius 3 is 2.35 bits per heavy atom. The maximum Gasteiger partial charge on any atom is 0.312 e. The van der Waals surface area contributed by atoms with Gasteiger partial charge in [0.05, 0.1) is 18.3 Å². The number of aliphatic hydroxyl groups excluding tert-OH is 1. The fraction of sp³-hybridized carbons (Fsp3) is 0.818. The van der Waals surface area contributed by atoms with E-state index in [0.29, 0.717) is 30.4 Å². The summed E-state index contributed by atoms with van der Waals surface area (Å²) < 4.78 is 5.77. The summed E-state index contributed by atoms with van der Waals surface area (Å²) in [4.78, 5) is 26.9. The highest BCUT2D eigenvalue weighted by atomic mass is 16.5. The minimum Gasteiger partial charge on any atom is -0.515 e. The minimum atomic E-state index is -0.465. The van der Waals surface area contributed by atoms with Crippen molar-refractivity contribution >= 4 is 11.8 Å². The van der Waals surface area contributed by atoms with Gasteiger partial charge in [-0.3, -0.25) is 9.59 Å². The van der Waals surface area contributed by atoms with Crippen LogP contribution in [0.15, 0.2) is 23.5 Å². The van der Waals surface area contributed by atoms with E-state index in [-0.39, 0.29) is 44.7 Å². The van der Waals surface area contributed by atoms with Crippen molar-refractivity contribution in [3.8, 4) is 0 Å². The third-order valence-electron chi connectivity index (χ3n) is 13.1. The number of ether oxygens (including phenoxy) is 1. The highest BCUT2D eigenvalue weighted by Gasteiger charge is 2.69. The molecule has 0 heterocycles. The molecule has 0 spiro atoms. The quantitative estimate of drug-likeness (QED) is 0.177. The Bertz CT molecular complexity index is 1060. The second-order valence-corrected chi connectivity index (χ2v) is 15.5. The number of rotatable bonds is 2. The van der Waals surface area contributed by atoms with Gasteiger partial charge in [-0.15, -0.1) is 0 Å². The molecule has 5 aliphatic carbocycles. The van der Waals surface area contributed by atoms with Gasteiger partial charge in [0.15, 0.2) is 5.78 Å². The monoisotopic (exact) mass is 510 g/mol. The number of carbonyl (C=O) groups is 2. The predicted molar refractivity (Wildman–Crippen MR) is 147 cm³/mol. The highest BCUT2D eigenvalue weighted by Crippen LogP contribution is 2.75. The van der Waals surface area contributed by atoms with Crippen molar-refractivity contribution in [1.82, 2.24) is 0 Å². The zero-order chi connectivity index (χ0) is 27.2. The van der Waals surface area contributed by atoms with E-state index in [0.717, 1.165) is 57.6 Å². The van der Waals surface area contributed by atoms with Crippen LogP contribution in [0.3, 0.4) is 0 Å². The van der Waals surface area contributed by atoms with Gasteiger partial charge in [0.2, 0.25) is 0 Å². The number of esters is 1. The largest absolute Gasteiger partial charge is 0.515 e. The van der Waals surface area contributed by atoms with E-state index in [1.54, 1.807) is 0 Å². The summed E-state index contributed by atoms with van der Waals surface area (Å²) in [7, 11) is 0. The molecular formula is C33H50O4. The molecule has 0 radical (unpaired) electrons. The van der Waals surface area contributed by atoms with E-state index >= 15 is 0 Å². The molecule has 5 aliphatic rings. The van der Waals surface area contributed by atoms with Gasteiger partial charge in [0, 0.05) is 11.0 Å². The Kier molecular flexibility index (Phi) is 5.99. The van der Waals surface area contributed by atoms with Crippen LogP contribution >= 0.6 is 0 Å². The van der Waals surface area contributed by atoms with Gasteiger partial charge in [0.1, 0.15) is 0 Å². The molecule has 37 heavy (non-hydrogen) atoms. The number of carbonyl (C=O) groups excluding carboxylic acids is 2. The first-order valence-corrected chi connectivity index (χ1v) is 14.9. The number of ketones is 1. The summed E-state index contributed by atoms with van der Waals surface area (Å²) in [6.45, 7) is 18.8. The normalized spacial score (nSPS) is 47.1. The maximum atomic E-state index is 13.6. The van der Waals surface area contributed by atoms with E-state index in [4.69, 9.17) is 4.74 Å². The second-order valence-electron chi connectivity index (χ2n) is 15.5. The molecule has 0 bridgehead atoms. The minimum absolute atomic E-state index is 0.0205. The Balaban J connectivity index is 1.61. The average Bonchev–Trinajstić information content (AvgIpc) is 2.81. The Hall–Kier alpha value is -1.58. The van der Waals surface area contributed by atoms with Crippen LogP contribution in [0.2, 0.25) is 0 Å². The Labute approximate surface area is 224 Å². The average molecular weight is 511 g/mol. The molecular weight excluding hydrogens is 460 g/mol. The summed E-state index contributed by atoms with van der Waals surface area (Å²) in [5, 5.41) is 10.1. The van der Waals surface area contributed by atoms with Crippen molar-refractivity contribution in [2.45, 2.75) is 113 Å². The fourth-order valence-corrected chi connectivity index (χ4v) is 10.9. The molecule has 5 rings (SSSR count). The number of hydrogen-bond donors (Lipinski definition) is 1. The van der Waals surface area contributed by atoms with E-state index < -0.39 is 5.41 Å². The Morgan fingerprint density at radius 1 is 1.03 bits per heavy atom. The molecule has 0 amide bonds. The first kappa shape index (κ1) is 27.0. The number of Topliss-reactive ketones (excluding diaryl/α,β-unsaturated/α-hetero) is 1. The molecule has 7 atom stereocenters. The van der Waals surface area contributed by atoms with Crippen molar-refractivity contribution in [3.63, 3.8) is 0 Å². The summed E-state index contributed by atoms with van der Waals surface area (Å²) in [5.41, 5.74) is 1.56. The molecule has 0 aromatic heterocycles. The van der Waals surface area contributed by atoms with Gasteiger partial charge in [-0.25, -0.2) is 0 Å². The molecule has 0 aromatic rings. The number of allylic oxidation sites excluding steroid dienone is 3. The number of fused-ring (bicyclic) bond motifs is 7. The molecule has 206 valence electrons. The fourth-order valence-electron chi connectivity index (χ4n) is 10.9. The van der Waals surface area contributed by atoms with Gasteiger partial charge in [-0.1, -0.05) is 60.1 Å². The van der Waals surface area contributed by atoms with Crippen molar-refractivity contribution in [2.75, 3.05) is 6.61 Å². The van der Waals surface area contributed by atoms with Crippen LogP contribution in [0.1, 0.15) is 113 Å².